The van der Waals surface area contributed by atoms with Crippen molar-refractivity contribution in [2.75, 3.05) is 13.1 Å². The van der Waals surface area contributed by atoms with Gasteiger partial charge < -0.3 is 4.90 Å². The number of benzene rings is 1. The molecule has 18 heavy (non-hydrogen) atoms. The van der Waals surface area contributed by atoms with Crippen LogP contribution in [0.15, 0.2) is 29.2 Å². The lowest BCUT2D eigenvalue weighted by atomic mass is 9.80. The minimum absolute atomic E-state index is 0.118. The molecule has 0 aliphatic carbocycles. The Morgan fingerprint density at radius 1 is 1.33 bits per heavy atom. The Kier molecular flexibility index (Phi) is 3.71. The SMILES string of the molecule is CC(C)(C)C1CCN(C(=O)c2ccccc2S)C1. The lowest BCUT2D eigenvalue weighted by Crippen LogP contribution is -2.31. The topological polar surface area (TPSA) is 20.3 Å². The summed E-state index contributed by atoms with van der Waals surface area (Å²) in [5, 5.41) is 0. The van der Waals surface area contributed by atoms with Crippen LogP contribution in [0.1, 0.15) is 37.6 Å². The van der Waals surface area contributed by atoms with E-state index in [2.05, 4.69) is 33.4 Å². The number of hydrogen-bond acceptors (Lipinski definition) is 2. The van der Waals surface area contributed by atoms with Crippen LogP contribution in [0.25, 0.3) is 0 Å². The zero-order valence-corrected chi connectivity index (χ0v) is 12.2. The van der Waals surface area contributed by atoms with E-state index < -0.39 is 0 Å². The van der Waals surface area contributed by atoms with Gasteiger partial charge in [-0.05, 0) is 29.9 Å². The van der Waals surface area contributed by atoms with Crippen molar-refractivity contribution in [3.63, 3.8) is 0 Å². The van der Waals surface area contributed by atoms with E-state index in [-0.39, 0.29) is 11.3 Å². The maximum absolute atomic E-state index is 12.4. The van der Waals surface area contributed by atoms with Crippen molar-refractivity contribution in [2.24, 2.45) is 11.3 Å². The molecule has 98 valence electrons. The molecule has 1 amide bonds. The number of hydrogen-bond donors (Lipinski definition) is 1. The number of likely N-dealkylation sites (tertiary alicyclic amines) is 1. The van der Waals surface area contributed by atoms with Gasteiger partial charge in [-0.1, -0.05) is 32.9 Å². The van der Waals surface area contributed by atoms with E-state index in [9.17, 15) is 4.79 Å². The van der Waals surface area contributed by atoms with Gasteiger partial charge in [-0.2, -0.15) is 0 Å². The van der Waals surface area contributed by atoms with Gasteiger partial charge in [0.1, 0.15) is 0 Å². The van der Waals surface area contributed by atoms with Crippen LogP contribution in [0, 0.1) is 11.3 Å². The van der Waals surface area contributed by atoms with Crippen LogP contribution in [-0.2, 0) is 0 Å². The molecule has 1 aromatic carbocycles. The Labute approximate surface area is 115 Å². The van der Waals surface area contributed by atoms with Crippen LogP contribution < -0.4 is 0 Å². The first-order valence-electron chi connectivity index (χ1n) is 6.47. The van der Waals surface area contributed by atoms with E-state index in [1.807, 2.05) is 29.2 Å². The molecule has 2 rings (SSSR count). The molecule has 2 nitrogen and oxygen atoms in total. The molecule has 0 spiro atoms. The van der Waals surface area contributed by atoms with E-state index in [1.165, 1.54) is 0 Å². The molecule has 1 saturated heterocycles. The van der Waals surface area contributed by atoms with Crippen molar-refractivity contribution in [1.82, 2.24) is 4.90 Å². The molecule has 0 radical (unpaired) electrons. The summed E-state index contributed by atoms with van der Waals surface area (Å²) < 4.78 is 0. The Balaban J connectivity index is 2.11. The molecule has 1 fully saturated rings. The van der Waals surface area contributed by atoms with Crippen molar-refractivity contribution in [3.8, 4) is 0 Å². The third kappa shape index (κ3) is 2.72. The summed E-state index contributed by atoms with van der Waals surface area (Å²) in [5.41, 5.74) is 0.991. The van der Waals surface area contributed by atoms with Gasteiger partial charge in [0.2, 0.25) is 0 Å². The maximum Gasteiger partial charge on any atom is 0.254 e. The molecule has 1 aliphatic rings. The van der Waals surface area contributed by atoms with Gasteiger partial charge >= 0.3 is 0 Å². The summed E-state index contributed by atoms with van der Waals surface area (Å²) >= 11 is 4.36. The fourth-order valence-corrected chi connectivity index (χ4v) is 2.73. The molecular formula is C15H21NOS. The second kappa shape index (κ2) is 4.96. The number of thiol groups is 1. The van der Waals surface area contributed by atoms with E-state index in [0.29, 0.717) is 5.92 Å². The molecule has 0 aromatic heterocycles. The second-order valence-electron chi connectivity index (χ2n) is 6.12. The fraction of sp³-hybridized carbons (Fsp3) is 0.533. The standard InChI is InChI=1S/C15H21NOS/c1-15(2,3)11-8-9-16(10-11)14(17)12-6-4-5-7-13(12)18/h4-7,11,18H,8-10H2,1-3H3. The van der Waals surface area contributed by atoms with Crippen LogP contribution in [0.4, 0.5) is 0 Å². The maximum atomic E-state index is 12.4. The molecule has 1 aliphatic heterocycles. The average Bonchev–Trinajstić information content (AvgIpc) is 2.77. The third-order valence-corrected chi connectivity index (χ3v) is 4.22. The summed E-state index contributed by atoms with van der Waals surface area (Å²) in [7, 11) is 0. The number of carbonyl (C=O) groups excluding carboxylic acids is 1. The highest BCUT2D eigenvalue weighted by molar-refractivity contribution is 7.80. The molecule has 1 heterocycles. The van der Waals surface area contributed by atoms with Crippen molar-refractivity contribution in [1.29, 1.82) is 0 Å². The number of carbonyl (C=O) groups is 1. The van der Waals surface area contributed by atoms with Gasteiger partial charge in [-0.15, -0.1) is 12.6 Å². The smallest absolute Gasteiger partial charge is 0.254 e. The predicted molar refractivity (Wildman–Crippen MR) is 77.2 cm³/mol. The van der Waals surface area contributed by atoms with E-state index in [0.717, 1.165) is 30.0 Å². The van der Waals surface area contributed by atoms with Gasteiger partial charge in [0.15, 0.2) is 0 Å². The van der Waals surface area contributed by atoms with E-state index in [1.54, 1.807) is 0 Å². The normalized spacial score (nSPS) is 20.2. The molecule has 0 N–H and O–H groups in total. The monoisotopic (exact) mass is 263 g/mol. The highest BCUT2D eigenvalue weighted by atomic mass is 32.1. The molecule has 1 atom stereocenters. The van der Waals surface area contributed by atoms with Gasteiger partial charge in [0.05, 0.1) is 5.56 Å². The summed E-state index contributed by atoms with van der Waals surface area (Å²) in [6, 6.07) is 7.52. The van der Waals surface area contributed by atoms with Crippen LogP contribution in [0.2, 0.25) is 0 Å². The first-order valence-corrected chi connectivity index (χ1v) is 6.91. The van der Waals surface area contributed by atoms with Gasteiger partial charge in [0.25, 0.3) is 5.91 Å². The summed E-state index contributed by atoms with van der Waals surface area (Å²) in [5.74, 6) is 0.709. The Bertz CT molecular complexity index is 450. The zero-order valence-electron chi connectivity index (χ0n) is 11.3. The first-order chi connectivity index (χ1) is 8.39. The highest BCUT2D eigenvalue weighted by Gasteiger charge is 2.34. The minimum Gasteiger partial charge on any atom is -0.338 e. The quantitative estimate of drug-likeness (QED) is 0.769. The Morgan fingerprint density at radius 2 is 2.00 bits per heavy atom. The average molecular weight is 263 g/mol. The third-order valence-electron chi connectivity index (χ3n) is 3.83. The lowest BCUT2D eigenvalue weighted by molar-refractivity contribution is 0.0773. The van der Waals surface area contributed by atoms with Gasteiger partial charge in [-0.3, -0.25) is 4.79 Å². The van der Waals surface area contributed by atoms with E-state index in [4.69, 9.17) is 0 Å². The fourth-order valence-electron chi connectivity index (χ4n) is 2.48. The first kappa shape index (κ1) is 13.5. The minimum atomic E-state index is 0.118. The van der Waals surface area contributed by atoms with Crippen LogP contribution in [0.3, 0.4) is 0 Å². The summed E-state index contributed by atoms with van der Waals surface area (Å²) in [4.78, 5) is 15.1. The molecule has 0 bridgehead atoms. The van der Waals surface area contributed by atoms with E-state index >= 15 is 0 Å². The Hall–Kier alpha value is -0.960. The van der Waals surface area contributed by atoms with Crippen LogP contribution >= 0.6 is 12.6 Å². The lowest BCUT2D eigenvalue weighted by Gasteiger charge is -2.27. The number of rotatable bonds is 1. The van der Waals surface area contributed by atoms with Gasteiger partial charge in [-0.25, -0.2) is 0 Å². The summed E-state index contributed by atoms with van der Waals surface area (Å²) in [6.07, 6.45) is 1.10. The Morgan fingerprint density at radius 3 is 2.56 bits per heavy atom. The van der Waals surface area contributed by atoms with Crippen molar-refractivity contribution < 1.29 is 4.79 Å². The van der Waals surface area contributed by atoms with Gasteiger partial charge in [0, 0.05) is 18.0 Å². The number of amides is 1. The largest absolute Gasteiger partial charge is 0.338 e. The van der Waals surface area contributed by atoms with Crippen LogP contribution in [-0.4, -0.2) is 23.9 Å². The zero-order chi connectivity index (χ0) is 13.3. The van der Waals surface area contributed by atoms with Crippen LogP contribution in [0.5, 0.6) is 0 Å². The highest BCUT2D eigenvalue weighted by Crippen LogP contribution is 2.34. The predicted octanol–water partition coefficient (Wildman–Crippen LogP) is 3.48. The molecule has 3 heteroatoms. The summed E-state index contributed by atoms with van der Waals surface area (Å²) in [6.45, 7) is 8.47. The molecule has 1 aromatic rings. The molecule has 0 saturated carbocycles. The molecular weight excluding hydrogens is 242 g/mol. The van der Waals surface area contributed by atoms with Crippen molar-refractivity contribution in [2.45, 2.75) is 32.1 Å². The van der Waals surface area contributed by atoms with Crippen molar-refractivity contribution in [3.05, 3.63) is 29.8 Å². The number of nitrogens with zero attached hydrogens (tertiary/aromatic N) is 1. The molecule has 1 unspecified atom stereocenters. The van der Waals surface area contributed by atoms with Crippen molar-refractivity contribution >= 4 is 18.5 Å². The second-order valence-corrected chi connectivity index (χ2v) is 6.60.